The molecule has 0 saturated carbocycles. The maximum atomic E-state index is 12.0. The molecular formula is C22H38N2O8S. The van der Waals surface area contributed by atoms with Gasteiger partial charge in [0.25, 0.3) is 0 Å². The van der Waals surface area contributed by atoms with Gasteiger partial charge in [-0.25, -0.2) is 4.79 Å². The zero-order valence-electron chi connectivity index (χ0n) is 19.3. The van der Waals surface area contributed by atoms with Gasteiger partial charge in [0, 0.05) is 30.5 Å². The van der Waals surface area contributed by atoms with Crippen LogP contribution in [0.3, 0.4) is 0 Å². The summed E-state index contributed by atoms with van der Waals surface area (Å²) < 4.78 is 21.3. The van der Waals surface area contributed by atoms with Crippen LogP contribution in [0.15, 0.2) is 0 Å². The van der Waals surface area contributed by atoms with E-state index in [0.717, 1.165) is 31.4 Å². The lowest BCUT2D eigenvalue weighted by Gasteiger charge is -2.16. The number of carboxylic acid groups (broad SMARTS) is 1. The van der Waals surface area contributed by atoms with Gasteiger partial charge in [-0.15, -0.1) is 0 Å². The fourth-order valence-electron chi connectivity index (χ4n) is 3.73. The standard InChI is InChI=1S/C22H38N2O8S/c25-17(4-1-2-6-19-21-18(16-33-19)23-22(28)24-21)5-3-8-29-10-12-31-14-15-32-13-11-30-9-7-20(26)27/h18-19,21H,1-16H2,(H,26,27)(H2,23,24,28). The van der Waals surface area contributed by atoms with Gasteiger partial charge in [-0.1, -0.05) is 6.42 Å². The van der Waals surface area contributed by atoms with Crippen molar-refractivity contribution in [2.24, 2.45) is 0 Å². The van der Waals surface area contributed by atoms with Crippen LogP contribution in [0.2, 0.25) is 0 Å². The van der Waals surface area contributed by atoms with Crippen molar-refractivity contribution in [1.29, 1.82) is 0 Å². The molecule has 33 heavy (non-hydrogen) atoms. The highest BCUT2D eigenvalue weighted by atomic mass is 32.2. The third-order valence-electron chi connectivity index (χ3n) is 5.45. The van der Waals surface area contributed by atoms with E-state index < -0.39 is 5.97 Å². The maximum absolute atomic E-state index is 12.0. The molecule has 10 nitrogen and oxygen atoms in total. The number of carboxylic acids is 1. The molecule has 3 unspecified atom stereocenters. The Balaban J connectivity index is 1.28. The molecule has 0 aromatic heterocycles. The quantitative estimate of drug-likeness (QED) is 0.162. The SMILES string of the molecule is O=C(O)CCOCCOCCOCCOCCCC(=O)CCCCC1SCC2NC(=O)NC21. The number of unbranched alkanes of at least 4 members (excludes halogenated alkanes) is 1. The van der Waals surface area contributed by atoms with Crippen molar-refractivity contribution in [2.45, 2.75) is 62.3 Å². The average Bonchev–Trinajstić information content (AvgIpc) is 3.33. The molecule has 190 valence electrons. The van der Waals surface area contributed by atoms with Gasteiger partial charge in [-0.05, 0) is 19.3 Å². The third-order valence-corrected chi connectivity index (χ3v) is 6.96. The molecule has 0 bridgehead atoms. The van der Waals surface area contributed by atoms with Crippen LogP contribution in [-0.4, -0.2) is 98.8 Å². The second-order valence-corrected chi connectivity index (χ2v) is 9.38. The third kappa shape index (κ3) is 12.6. The van der Waals surface area contributed by atoms with Crippen LogP contribution in [0.5, 0.6) is 0 Å². The lowest BCUT2D eigenvalue weighted by molar-refractivity contribution is -0.138. The number of ether oxygens (including phenoxy) is 4. The normalized spacial score (nSPS) is 21.6. The Labute approximate surface area is 199 Å². The Hall–Kier alpha value is -1.40. The Bertz CT molecular complexity index is 595. The van der Waals surface area contributed by atoms with Crippen LogP contribution in [-0.2, 0) is 28.5 Å². The van der Waals surface area contributed by atoms with E-state index in [4.69, 9.17) is 24.1 Å². The highest BCUT2D eigenvalue weighted by molar-refractivity contribution is 8.00. The highest BCUT2D eigenvalue weighted by Crippen LogP contribution is 2.33. The van der Waals surface area contributed by atoms with E-state index in [0.29, 0.717) is 64.3 Å². The fourth-order valence-corrected chi connectivity index (χ4v) is 5.27. The van der Waals surface area contributed by atoms with E-state index in [2.05, 4.69) is 10.6 Å². The van der Waals surface area contributed by atoms with Crippen LogP contribution in [0.4, 0.5) is 4.79 Å². The van der Waals surface area contributed by atoms with Crippen molar-refractivity contribution in [2.75, 3.05) is 58.6 Å². The van der Waals surface area contributed by atoms with Crippen LogP contribution in [0.1, 0.15) is 44.9 Å². The van der Waals surface area contributed by atoms with Gasteiger partial charge in [-0.3, -0.25) is 9.59 Å². The molecule has 0 radical (unpaired) electrons. The number of hydrogen-bond donors (Lipinski definition) is 3. The summed E-state index contributed by atoms with van der Waals surface area (Å²) in [6, 6.07) is 0.446. The molecule has 2 aliphatic rings. The van der Waals surface area contributed by atoms with Gasteiger partial charge in [0.05, 0.1) is 64.8 Å². The molecular weight excluding hydrogens is 452 g/mol. The Morgan fingerprint density at radius 2 is 1.42 bits per heavy atom. The Morgan fingerprint density at radius 1 is 0.818 bits per heavy atom. The molecule has 2 fully saturated rings. The van der Waals surface area contributed by atoms with Gasteiger partial charge in [-0.2, -0.15) is 11.8 Å². The number of fused-ring (bicyclic) bond motifs is 1. The predicted octanol–water partition coefficient (Wildman–Crippen LogP) is 1.60. The first-order chi connectivity index (χ1) is 16.1. The number of amides is 2. The van der Waals surface area contributed by atoms with Gasteiger partial charge >= 0.3 is 12.0 Å². The Morgan fingerprint density at radius 3 is 2.09 bits per heavy atom. The van der Waals surface area contributed by atoms with Gasteiger partial charge < -0.3 is 34.7 Å². The van der Waals surface area contributed by atoms with Crippen molar-refractivity contribution < 1.29 is 38.4 Å². The van der Waals surface area contributed by atoms with Crippen molar-refractivity contribution in [3.05, 3.63) is 0 Å². The Kier molecular flexibility index (Phi) is 14.4. The highest BCUT2D eigenvalue weighted by Gasteiger charge is 2.42. The summed E-state index contributed by atoms with van der Waals surface area (Å²) in [6.07, 6.45) is 4.84. The molecule has 2 aliphatic heterocycles. The number of aliphatic carboxylic acids is 1. The van der Waals surface area contributed by atoms with E-state index in [1.165, 1.54) is 0 Å². The molecule has 0 spiro atoms. The average molecular weight is 491 g/mol. The zero-order chi connectivity index (χ0) is 23.7. The summed E-state index contributed by atoms with van der Waals surface area (Å²) in [5, 5.41) is 14.9. The number of carbonyl (C=O) groups excluding carboxylic acids is 2. The van der Waals surface area contributed by atoms with Crippen LogP contribution in [0, 0.1) is 0 Å². The summed E-state index contributed by atoms with van der Waals surface area (Å²) >= 11 is 1.91. The largest absolute Gasteiger partial charge is 0.481 e. The number of thioether (sulfide) groups is 1. The first-order valence-corrected chi connectivity index (χ1v) is 12.8. The number of hydrogen-bond acceptors (Lipinski definition) is 8. The summed E-state index contributed by atoms with van der Waals surface area (Å²) in [4.78, 5) is 33.7. The second kappa shape index (κ2) is 17.1. The van der Waals surface area contributed by atoms with E-state index in [1.54, 1.807) is 0 Å². The van der Waals surface area contributed by atoms with Crippen molar-refractivity contribution in [3.8, 4) is 0 Å². The molecule has 2 heterocycles. The monoisotopic (exact) mass is 490 g/mol. The summed E-state index contributed by atoms with van der Waals surface area (Å²) in [5.41, 5.74) is 0. The lowest BCUT2D eigenvalue weighted by Crippen LogP contribution is -2.36. The summed E-state index contributed by atoms with van der Waals surface area (Å²) in [7, 11) is 0. The first-order valence-electron chi connectivity index (χ1n) is 11.8. The van der Waals surface area contributed by atoms with Crippen molar-refractivity contribution >= 4 is 29.5 Å². The number of Topliss-reactive ketones (excluding diaryl/α,β-unsaturated/α-hetero) is 1. The van der Waals surface area contributed by atoms with E-state index in [-0.39, 0.29) is 36.9 Å². The maximum Gasteiger partial charge on any atom is 0.315 e. The lowest BCUT2D eigenvalue weighted by atomic mass is 10.0. The van der Waals surface area contributed by atoms with E-state index in [9.17, 15) is 14.4 Å². The van der Waals surface area contributed by atoms with Crippen LogP contribution < -0.4 is 10.6 Å². The molecule has 0 aromatic carbocycles. The van der Waals surface area contributed by atoms with Crippen LogP contribution in [0.25, 0.3) is 0 Å². The molecule has 2 amide bonds. The molecule has 2 rings (SSSR count). The van der Waals surface area contributed by atoms with E-state index in [1.807, 2.05) is 11.8 Å². The molecule has 11 heteroatoms. The number of nitrogens with one attached hydrogen (secondary N) is 2. The fraction of sp³-hybridized carbons (Fsp3) is 0.864. The van der Waals surface area contributed by atoms with Crippen molar-refractivity contribution in [1.82, 2.24) is 10.6 Å². The number of rotatable bonds is 21. The second-order valence-electron chi connectivity index (χ2n) is 8.10. The first kappa shape index (κ1) is 27.8. The van der Waals surface area contributed by atoms with Gasteiger partial charge in [0.15, 0.2) is 0 Å². The van der Waals surface area contributed by atoms with Crippen LogP contribution >= 0.6 is 11.8 Å². The molecule has 3 atom stereocenters. The minimum Gasteiger partial charge on any atom is -0.481 e. The zero-order valence-corrected chi connectivity index (χ0v) is 20.1. The minimum atomic E-state index is -0.874. The van der Waals surface area contributed by atoms with Gasteiger partial charge in [0.2, 0.25) is 0 Å². The topological polar surface area (TPSA) is 132 Å². The number of urea groups is 1. The summed E-state index contributed by atoms with van der Waals surface area (Å²) in [6.45, 7) is 3.38. The molecule has 0 aromatic rings. The smallest absolute Gasteiger partial charge is 0.315 e. The van der Waals surface area contributed by atoms with Crippen molar-refractivity contribution in [3.63, 3.8) is 0 Å². The summed E-state index contributed by atoms with van der Waals surface area (Å²) in [5.74, 6) is 0.381. The van der Waals surface area contributed by atoms with E-state index >= 15 is 0 Å². The molecule has 3 N–H and O–H groups in total. The predicted molar refractivity (Wildman–Crippen MR) is 124 cm³/mol. The minimum absolute atomic E-state index is 0.00119. The molecule has 0 aliphatic carbocycles. The van der Waals surface area contributed by atoms with Gasteiger partial charge in [0.1, 0.15) is 5.78 Å². The number of ketones is 1. The molecule has 2 saturated heterocycles. The number of carbonyl (C=O) groups is 3.